The highest BCUT2D eigenvalue weighted by molar-refractivity contribution is 6.83. The summed E-state index contributed by atoms with van der Waals surface area (Å²) in [6.45, 7) is 21.2. The maximum Gasteiger partial charge on any atom is 0.500 e. The van der Waals surface area contributed by atoms with Crippen LogP contribution in [-0.2, 0) is 13.3 Å². The summed E-state index contributed by atoms with van der Waals surface area (Å²) in [5, 5.41) is 0.295. The smallest absolute Gasteiger partial charge is 0.397 e. The van der Waals surface area contributed by atoms with Crippen LogP contribution in [0.5, 0.6) is 0 Å². The van der Waals surface area contributed by atoms with Crippen molar-refractivity contribution in [3.05, 3.63) is 30.3 Å². The highest BCUT2D eigenvalue weighted by Gasteiger charge is 2.42. The zero-order chi connectivity index (χ0) is 21.3. The maximum atomic E-state index is 6.01. The van der Waals surface area contributed by atoms with E-state index in [4.69, 9.17) is 13.3 Å². The third-order valence-corrected chi connectivity index (χ3v) is 14.4. The first-order valence-corrected chi connectivity index (χ1v) is 15.8. The highest BCUT2D eigenvalue weighted by Crippen LogP contribution is 2.40. The predicted molar refractivity (Wildman–Crippen MR) is 126 cm³/mol. The van der Waals surface area contributed by atoms with Crippen LogP contribution in [0.1, 0.15) is 54.4 Å². The van der Waals surface area contributed by atoms with Crippen molar-refractivity contribution < 1.29 is 13.3 Å². The van der Waals surface area contributed by atoms with Crippen LogP contribution in [0.4, 0.5) is 5.69 Å². The lowest BCUT2D eigenvalue weighted by molar-refractivity contribution is 0.0707. The summed E-state index contributed by atoms with van der Waals surface area (Å²) in [5.41, 5.74) is 1.34. The van der Waals surface area contributed by atoms with Crippen molar-refractivity contribution in [3.63, 3.8) is 0 Å². The zero-order valence-electron chi connectivity index (χ0n) is 19.5. The third kappa shape index (κ3) is 6.99. The fourth-order valence-corrected chi connectivity index (χ4v) is 8.36. The van der Waals surface area contributed by atoms with E-state index in [9.17, 15) is 0 Å². The SMILES string of the molecule is CCO[Si](CCCCN(c1ccccc1)[Si](C)(C)C(C)(C)C)(OCC)OCC. The fraction of sp³-hybridized carbons (Fsp3) is 0.727. The molecule has 0 bridgehead atoms. The van der Waals surface area contributed by atoms with Crippen LogP contribution < -0.4 is 4.57 Å². The second-order valence-electron chi connectivity index (χ2n) is 8.74. The van der Waals surface area contributed by atoms with Crippen molar-refractivity contribution in [1.82, 2.24) is 0 Å². The van der Waals surface area contributed by atoms with E-state index in [1.165, 1.54) is 5.69 Å². The summed E-state index contributed by atoms with van der Waals surface area (Å²) in [6, 6.07) is 11.8. The molecule has 0 unspecified atom stereocenters. The summed E-state index contributed by atoms with van der Waals surface area (Å²) in [5.74, 6) is 0. The van der Waals surface area contributed by atoms with Gasteiger partial charge in [-0.25, -0.2) is 0 Å². The average Bonchev–Trinajstić information content (AvgIpc) is 2.62. The third-order valence-electron chi connectivity index (χ3n) is 5.79. The second kappa shape index (κ2) is 11.5. The summed E-state index contributed by atoms with van der Waals surface area (Å²) in [4.78, 5) is 0. The van der Waals surface area contributed by atoms with Gasteiger partial charge in [-0.15, -0.1) is 0 Å². The summed E-state index contributed by atoms with van der Waals surface area (Å²) in [6.07, 6.45) is 2.17. The molecule has 0 aliphatic rings. The molecule has 0 N–H and O–H groups in total. The Labute approximate surface area is 176 Å². The highest BCUT2D eigenvalue weighted by atomic mass is 28.4. The lowest BCUT2D eigenvalue weighted by Gasteiger charge is -2.47. The van der Waals surface area contributed by atoms with Crippen LogP contribution in [0.15, 0.2) is 30.3 Å². The first-order valence-electron chi connectivity index (χ1n) is 10.9. The van der Waals surface area contributed by atoms with E-state index in [1.807, 2.05) is 20.8 Å². The van der Waals surface area contributed by atoms with Gasteiger partial charge in [0.15, 0.2) is 8.24 Å². The first kappa shape index (κ1) is 25.4. The Balaban J connectivity index is 2.86. The monoisotopic (exact) mass is 425 g/mol. The molecule has 1 aromatic carbocycles. The van der Waals surface area contributed by atoms with E-state index in [1.54, 1.807) is 0 Å². The van der Waals surface area contributed by atoms with Crippen molar-refractivity contribution in [3.8, 4) is 0 Å². The summed E-state index contributed by atoms with van der Waals surface area (Å²) < 4.78 is 20.7. The molecule has 0 amide bonds. The number of rotatable bonds is 13. The van der Waals surface area contributed by atoms with E-state index < -0.39 is 17.0 Å². The minimum atomic E-state index is -2.54. The summed E-state index contributed by atoms with van der Waals surface area (Å²) in [7, 11) is -4.20. The van der Waals surface area contributed by atoms with Gasteiger partial charge in [0.1, 0.15) is 0 Å². The topological polar surface area (TPSA) is 30.9 Å². The molecule has 0 spiro atoms. The Bertz CT molecular complexity index is 529. The molecule has 0 aliphatic carbocycles. The van der Waals surface area contributed by atoms with Gasteiger partial charge in [0.05, 0.1) is 0 Å². The molecule has 0 fully saturated rings. The Morgan fingerprint density at radius 3 is 1.75 bits per heavy atom. The normalized spacial score (nSPS) is 13.0. The number of unbranched alkanes of at least 4 members (excludes halogenated alkanes) is 1. The Morgan fingerprint density at radius 2 is 1.32 bits per heavy atom. The van der Waals surface area contributed by atoms with Crippen LogP contribution in [0.2, 0.25) is 24.2 Å². The molecular weight excluding hydrogens is 382 g/mol. The Hall–Kier alpha value is -0.666. The molecule has 0 atom stereocenters. The van der Waals surface area contributed by atoms with Gasteiger partial charge < -0.3 is 17.8 Å². The number of hydrogen-bond donors (Lipinski definition) is 0. The molecule has 0 aromatic heterocycles. The van der Waals surface area contributed by atoms with Crippen molar-refractivity contribution in [1.29, 1.82) is 0 Å². The molecule has 6 heteroatoms. The molecule has 0 radical (unpaired) electrons. The van der Waals surface area contributed by atoms with Gasteiger partial charge in [0, 0.05) is 38.1 Å². The molecule has 1 rings (SSSR count). The molecule has 4 nitrogen and oxygen atoms in total. The lowest BCUT2D eigenvalue weighted by atomic mass is 10.2. The van der Waals surface area contributed by atoms with Crippen molar-refractivity contribution in [2.45, 2.75) is 78.6 Å². The molecule has 0 heterocycles. The van der Waals surface area contributed by atoms with Crippen LogP contribution in [0.3, 0.4) is 0 Å². The van der Waals surface area contributed by atoms with Gasteiger partial charge in [0.25, 0.3) is 0 Å². The molecule has 0 saturated carbocycles. The van der Waals surface area contributed by atoms with Gasteiger partial charge in [-0.3, -0.25) is 0 Å². The minimum Gasteiger partial charge on any atom is -0.397 e. The molecule has 162 valence electrons. The van der Waals surface area contributed by atoms with Crippen LogP contribution in [0.25, 0.3) is 0 Å². The quantitative estimate of drug-likeness (QED) is 0.273. The fourth-order valence-electron chi connectivity index (χ4n) is 3.36. The van der Waals surface area contributed by atoms with Crippen LogP contribution >= 0.6 is 0 Å². The second-order valence-corrected chi connectivity index (χ2v) is 16.6. The van der Waals surface area contributed by atoms with E-state index in [0.29, 0.717) is 24.9 Å². The van der Waals surface area contributed by atoms with E-state index in [0.717, 1.165) is 25.4 Å². The van der Waals surface area contributed by atoms with Crippen LogP contribution in [-0.4, -0.2) is 43.4 Å². The largest absolute Gasteiger partial charge is 0.500 e. The van der Waals surface area contributed by atoms with Gasteiger partial charge >= 0.3 is 8.80 Å². The molecule has 0 saturated heterocycles. The standard InChI is InChI=1S/C22H43NO3Si2/c1-9-24-28(25-10-2,26-11-3)20-16-15-19-23(21-17-13-12-14-18-21)27(7,8)22(4,5)6/h12-14,17-18H,9-11,15-16,19-20H2,1-8H3. The number of nitrogens with zero attached hydrogens (tertiary/aromatic N) is 1. The van der Waals surface area contributed by atoms with Gasteiger partial charge in [-0.2, -0.15) is 0 Å². The lowest BCUT2D eigenvalue weighted by Crippen LogP contribution is -2.55. The number of hydrogen-bond acceptors (Lipinski definition) is 4. The predicted octanol–water partition coefficient (Wildman–Crippen LogP) is 6.33. The zero-order valence-corrected chi connectivity index (χ0v) is 21.5. The number of para-hydroxylation sites is 1. The average molecular weight is 426 g/mol. The molecular formula is C22H43NO3Si2. The summed E-state index contributed by atoms with van der Waals surface area (Å²) >= 11 is 0. The molecule has 28 heavy (non-hydrogen) atoms. The van der Waals surface area contributed by atoms with Crippen LogP contribution in [0, 0.1) is 0 Å². The van der Waals surface area contributed by atoms with Crippen molar-refractivity contribution in [2.75, 3.05) is 30.9 Å². The van der Waals surface area contributed by atoms with E-state index in [-0.39, 0.29) is 0 Å². The number of benzene rings is 1. The van der Waals surface area contributed by atoms with Gasteiger partial charge in [0.2, 0.25) is 0 Å². The Morgan fingerprint density at radius 1 is 0.821 bits per heavy atom. The minimum absolute atomic E-state index is 0.295. The van der Waals surface area contributed by atoms with Gasteiger partial charge in [-0.1, -0.05) is 52.1 Å². The van der Waals surface area contributed by atoms with Gasteiger partial charge in [-0.05, 0) is 50.8 Å². The van der Waals surface area contributed by atoms with E-state index in [2.05, 4.69) is 68.8 Å². The first-order chi connectivity index (χ1) is 13.1. The van der Waals surface area contributed by atoms with E-state index >= 15 is 0 Å². The molecule has 0 aliphatic heterocycles. The maximum absolute atomic E-state index is 6.01. The number of anilines is 1. The Kier molecular flexibility index (Phi) is 10.4. The van der Waals surface area contributed by atoms with Crippen molar-refractivity contribution >= 4 is 22.7 Å². The molecule has 1 aromatic rings. The van der Waals surface area contributed by atoms with Crippen molar-refractivity contribution in [2.24, 2.45) is 0 Å².